The van der Waals surface area contributed by atoms with E-state index >= 15 is 0 Å². The third kappa shape index (κ3) is 11.5. The Morgan fingerprint density at radius 1 is 0.714 bits per heavy atom. The molecule has 2 aliphatic heterocycles. The molecule has 0 spiro atoms. The largest absolute Gasteiger partial charge is 0.395 e. The van der Waals surface area contributed by atoms with E-state index in [4.69, 9.17) is 9.47 Å². The highest BCUT2D eigenvalue weighted by molar-refractivity contribution is 5.01. The van der Waals surface area contributed by atoms with E-state index in [1.165, 1.54) is 51.4 Å². The van der Waals surface area contributed by atoms with Crippen LogP contribution in [0.1, 0.15) is 90.4 Å². The third-order valence-corrected chi connectivity index (χ3v) is 8.95. The highest BCUT2D eigenvalue weighted by Gasteiger charge is 2.52. The van der Waals surface area contributed by atoms with Gasteiger partial charge in [-0.05, 0) is 6.42 Å². The van der Waals surface area contributed by atoms with Crippen molar-refractivity contribution in [2.75, 3.05) is 26.4 Å². The Bertz CT molecular complexity index is 690. The molecule has 2 aliphatic rings. The average molecular weight is 610 g/mol. The van der Waals surface area contributed by atoms with Gasteiger partial charge in [0.25, 0.3) is 0 Å². The SMILES string of the molecule is CCCCCCCCCCCCCC[C@@H](O)[C@@H](O)[C@H](CO)NCC1OC[C@@H](O)C([C@H]2O[C@H](CO)[C@H](O)[C@H](O)[C@H]2O)[C@@H]1O. The van der Waals surface area contributed by atoms with Crippen LogP contribution in [0.25, 0.3) is 0 Å². The molecular weight excluding hydrogens is 550 g/mol. The fourth-order valence-corrected chi connectivity index (χ4v) is 6.14. The van der Waals surface area contributed by atoms with Crippen molar-refractivity contribution in [3.05, 3.63) is 0 Å². The van der Waals surface area contributed by atoms with Crippen molar-refractivity contribution in [3.8, 4) is 0 Å². The maximum absolute atomic E-state index is 11.0. The van der Waals surface area contributed by atoms with E-state index in [9.17, 15) is 46.0 Å². The molecule has 10 N–H and O–H groups in total. The van der Waals surface area contributed by atoms with Crippen LogP contribution in [-0.2, 0) is 9.47 Å². The van der Waals surface area contributed by atoms with Crippen LogP contribution >= 0.6 is 0 Å². The highest BCUT2D eigenvalue weighted by atomic mass is 16.6. The molecule has 12 nitrogen and oxygen atoms in total. The van der Waals surface area contributed by atoms with Gasteiger partial charge in [-0.2, -0.15) is 0 Å². The van der Waals surface area contributed by atoms with Crippen LogP contribution in [-0.4, -0.2) is 139 Å². The lowest BCUT2D eigenvalue weighted by atomic mass is 9.79. The molecule has 2 rings (SSSR count). The van der Waals surface area contributed by atoms with Gasteiger partial charge in [-0.25, -0.2) is 0 Å². The van der Waals surface area contributed by atoms with E-state index in [-0.39, 0.29) is 13.2 Å². The van der Waals surface area contributed by atoms with E-state index in [0.29, 0.717) is 6.42 Å². The maximum Gasteiger partial charge on any atom is 0.111 e. The Morgan fingerprint density at radius 3 is 1.83 bits per heavy atom. The molecule has 2 unspecified atom stereocenters. The number of ether oxygens (including phenoxy) is 2. The molecule has 2 saturated heterocycles. The van der Waals surface area contributed by atoms with Gasteiger partial charge in [-0.1, -0.05) is 84.0 Å². The Balaban J connectivity index is 1.73. The molecule has 2 heterocycles. The summed E-state index contributed by atoms with van der Waals surface area (Å²) >= 11 is 0. The molecule has 0 amide bonds. The molecule has 0 radical (unpaired) electrons. The summed E-state index contributed by atoms with van der Waals surface area (Å²) in [6, 6.07) is -0.898. The van der Waals surface area contributed by atoms with Crippen molar-refractivity contribution < 1.29 is 55.4 Å². The molecule has 0 bridgehead atoms. The summed E-state index contributed by atoms with van der Waals surface area (Å²) in [6.45, 7) is 0.827. The maximum atomic E-state index is 11.0. The first-order valence-corrected chi connectivity index (χ1v) is 16.2. The minimum atomic E-state index is -1.65. The summed E-state index contributed by atoms with van der Waals surface area (Å²) in [7, 11) is 0. The van der Waals surface area contributed by atoms with E-state index in [2.05, 4.69) is 12.2 Å². The van der Waals surface area contributed by atoms with Crippen molar-refractivity contribution in [1.29, 1.82) is 0 Å². The fourth-order valence-electron chi connectivity index (χ4n) is 6.14. The van der Waals surface area contributed by atoms with Crippen molar-refractivity contribution in [1.82, 2.24) is 5.32 Å². The second kappa shape index (κ2) is 20.5. The Morgan fingerprint density at radius 2 is 1.29 bits per heavy atom. The van der Waals surface area contributed by atoms with E-state index < -0.39 is 86.2 Å². The van der Waals surface area contributed by atoms with Crippen LogP contribution in [0.3, 0.4) is 0 Å². The van der Waals surface area contributed by atoms with Crippen LogP contribution in [0.15, 0.2) is 0 Å². The van der Waals surface area contributed by atoms with Crippen LogP contribution in [0.4, 0.5) is 0 Å². The smallest absolute Gasteiger partial charge is 0.111 e. The first-order chi connectivity index (χ1) is 20.2. The topological polar surface area (TPSA) is 213 Å². The average Bonchev–Trinajstić information content (AvgIpc) is 2.98. The number of hydrogen-bond acceptors (Lipinski definition) is 12. The van der Waals surface area contributed by atoms with Gasteiger partial charge in [0.2, 0.25) is 0 Å². The van der Waals surface area contributed by atoms with Gasteiger partial charge in [0.15, 0.2) is 0 Å². The van der Waals surface area contributed by atoms with E-state index in [1.807, 2.05) is 0 Å². The number of aliphatic hydroxyl groups excluding tert-OH is 9. The summed E-state index contributed by atoms with van der Waals surface area (Å²) in [4.78, 5) is 0. The third-order valence-electron chi connectivity index (χ3n) is 8.95. The Hall–Kier alpha value is -0.480. The summed E-state index contributed by atoms with van der Waals surface area (Å²) in [5.41, 5.74) is 0. The van der Waals surface area contributed by atoms with E-state index in [1.54, 1.807) is 0 Å². The Kier molecular flexibility index (Phi) is 18.4. The predicted octanol–water partition coefficient (Wildman–Crippen LogP) is -0.671. The second-order valence-corrected chi connectivity index (χ2v) is 12.2. The lowest BCUT2D eigenvalue weighted by Crippen LogP contribution is -2.66. The minimum absolute atomic E-state index is 0.0601. The summed E-state index contributed by atoms with van der Waals surface area (Å²) < 4.78 is 11.1. The molecule has 0 aromatic rings. The van der Waals surface area contributed by atoms with Crippen LogP contribution in [0, 0.1) is 5.92 Å². The zero-order valence-electron chi connectivity index (χ0n) is 25.3. The molecule has 0 aliphatic carbocycles. The zero-order valence-corrected chi connectivity index (χ0v) is 25.3. The fraction of sp³-hybridized carbons (Fsp3) is 1.00. The van der Waals surface area contributed by atoms with Crippen molar-refractivity contribution in [3.63, 3.8) is 0 Å². The zero-order chi connectivity index (χ0) is 31.1. The van der Waals surface area contributed by atoms with Gasteiger partial charge >= 0.3 is 0 Å². The number of nitrogens with one attached hydrogen (secondary N) is 1. The van der Waals surface area contributed by atoms with Crippen molar-refractivity contribution in [2.45, 2.75) is 157 Å². The molecule has 0 aromatic heterocycles. The molecule has 12 atom stereocenters. The molecule has 0 saturated carbocycles. The molecule has 2 fully saturated rings. The van der Waals surface area contributed by atoms with Gasteiger partial charge in [-0.3, -0.25) is 0 Å². The van der Waals surface area contributed by atoms with Crippen molar-refractivity contribution >= 4 is 0 Å². The van der Waals surface area contributed by atoms with Crippen LogP contribution in [0.5, 0.6) is 0 Å². The van der Waals surface area contributed by atoms with Gasteiger partial charge in [0.05, 0.1) is 62.5 Å². The molecule has 0 aromatic carbocycles. The van der Waals surface area contributed by atoms with Crippen molar-refractivity contribution in [2.24, 2.45) is 5.92 Å². The number of rotatable bonds is 21. The quantitative estimate of drug-likeness (QED) is 0.0734. The minimum Gasteiger partial charge on any atom is -0.395 e. The molecule has 12 heteroatoms. The molecule has 42 heavy (non-hydrogen) atoms. The monoisotopic (exact) mass is 609 g/mol. The van der Waals surface area contributed by atoms with Crippen LogP contribution < -0.4 is 5.32 Å². The number of hydrogen-bond donors (Lipinski definition) is 10. The number of aliphatic hydroxyl groups is 9. The Labute approximate surface area is 250 Å². The summed E-state index contributed by atoms with van der Waals surface area (Å²) in [6.07, 6.45) is 1.47. The molecular formula is C30H59NO11. The van der Waals surface area contributed by atoms with Gasteiger partial charge in [0.1, 0.15) is 24.4 Å². The summed E-state index contributed by atoms with van der Waals surface area (Å²) in [5, 5.41) is 95.6. The van der Waals surface area contributed by atoms with Crippen LogP contribution in [0.2, 0.25) is 0 Å². The first kappa shape index (κ1) is 37.7. The van der Waals surface area contributed by atoms with Gasteiger partial charge < -0.3 is 60.7 Å². The van der Waals surface area contributed by atoms with Gasteiger partial charge in [0, 0.05) is 12.5 Å². The normalized spacial score (nSPS) is 34.3. The summed E-state index contributed by atoms with van der Waals surface area (Å²) in [5.74, 6) is -1.12. The number of unbranched alkanes of at least 4 members (excludes halogenated alkanes) is 11. The standard InChI is InChI=1S/C30H59NO11/c1-2-3-4-5-6-7-8-9-10-11-12-13-14-20(34)25(36)19(16-32)31-15-22-26(37)24(21(35)18-41-22)30-29(40)28(39)27(38)23(17-33)42-30/h19-40H,2-18H2,1H3/t19-,20+,21+,22?,23+,24?,25-,26+,27-,28-,29+,30+/m0/s1. The predicted molar refractivity (Wildman–Crippen MR) is 156 cm³/mol. The highest BCUT2D eigenvalue weighted by Crippen LogP contribution is 2.33. The van der Waals surface area contributed by atoms with Gasteiger partial charge in [-0.15, -0.1) is 0 Å². The lowest BCUT2D eigenvalue weighted by molar-refractivity contribution is -0.274. The van der Waals surface area contributed by atoms with E-state index in [0.717, 1.165) is 25.7 Å². The first-order valence-electron chi connectivity index (χ1n) is 16.2. The lowest BCUT2D eigenvalue weighted by Gasteiger charge is -2.48. The molecule has 250 valence electrons. The second-order valence-electron chi connectivity index (χ2n) is 12.2.